The van der Waals surface area contributed by atoms with E-state index in [-0.39, 0.29) is 20.6 Å². The topological polar surface area (TPSA) is 69.3 Å². The number of thiol groups is 1. The predicted molar refractivity (Wildman–Crippen MR) is 101 cm³/mol. The summed E-state index contributed by atoms with van der Waals surface area (Å²) in [5.74, 6) is 0. The van der Waals surface area contributed by atoms with Gasteiger partial charge in [0.2, 0.25) is 0 Å². The first-order valence-corrected chi connectivity index (χ1v) is 12.1. The van der Waals surface area contributed by atoms with Crippen molar-refractivity contribution in [1.29, 1.82) is 0 Å². The summed E-state index contributed by atoms with van der Waals surface area (Å²) in [5.41, 5.74) is 6.60. The molecule has 0 saturated carbocycles. The summed E-state index contributed by atoms with van der Waals surface area (Å²) in [4.78, 5) is 4.33. The molecule has 126 valence electrons. The van der Waals surface area contributed by atoms with E-state index in [0.717, 1.165) is 17.0 Å². The first-order valence-electron chi connectivity index (χ1n) is 5.93. The molecule has 23 heavy (non-hydrogen) atoms. The van der Waals surface area contributed by atoms with Crippen molar-refractivity contribution in [3.63, 3.8) is 0 Å². The summed E-state index contributed by atoms with van der Waals surface area (Å²) in [6, 6.07) is 15.6. The van der Waals surface area contributed by atoms with Gasteiger partial charge in [0.25, 0.3) is 0 Å². The Balaban J connectivity index is 0.00000112. The molecule has 1 aromatic heterocycles. The zero-order chi connectivity index (χ0) is 16.2. The number of hydrogen-bond acceptors (Lipinski definition) is 4. The van der Waals surface area contributed by atoms with Crippen molar-refractivity contribution < 1.29 is 20.6 Å². The van der Waals surface area contributed by atoms with E-state index in [2.05, 4.69) is 27.7 Å². The molecule has 1 N–H and O–H groups in total. The zero-order valence-corrected chi connectivity index (χ0v) is 16.9. The van der Waals surface area contributed by atoms with E-state index >= 15 is 0 Å². The van der Waals surface area contributed by atoms with E-state index in [0.29, 0.717) is 4.32 Å². The molecule has 1 heterocycles. The second kappa shape index (κ2) is 13.8. The third-order valence-electron chi connectivity index (χ3n) is 2.37. The summed E-state index contributed by atoms with van der Waals surface area (Å²) in [6.07, 6.45) is 3.65. The molecule has 0 bridgehead atoms. The molecule has 0 aliphatic rings. The maximum Gasteiger partial charge on any atom is -0.870 e. The van der Waals surface area contributed by atoms with E-state index < -0.39 is 0 Å². The fraction of sp³-hybridized carbons (Fsp3) is 0.0714. The molecule has 0 saturated heterocycles. The normalized spacial score (nSPS) is 10.1. The Labute approximate surface area is 161 Å². The third-order valence-corrected chi connectivity index (χ3v) is 3.46. The first kappa shape index (κ1) is 22.4. The quantitative estimate of drug-likeness (QED) is 0.167. The van der Waals surface area contributed by atoms with Crippen LogP contribution in [0.15, 0.2) is 59.8 Å². The van der Waals surface area contributed by atoms with Crippen molar-refractivity contribution >= 4 is 53.4 Å². The maximum atomic E-state index is 4.85. The van der Waals surface area contributed by atoms with Gasteiger partial charge in [-0.25, -0.2) is 0 Å². The molecule has 0 amide bonds. The number of aromatic nitrogens is 1. The number of thioether (sulfide) groups is 1. The van der Waals surface area contributed by atoms with Gasteiger partial charge in [-0.1, -0.05) is 48.2 Å². The second-order valence-corrected chi connectivity index (χ2v) is 7.83. The Morgan fingerprint density at radius 1 is 1.17 bits per heavy atom. The summed E-state index contributed by atoms with van der Waals surface area (Å²) < 4.78 is 0.615. The van der Waals surface area contributed by atoms with Gasteiger partial charge < -0.3 is 16.0 Å². The molecule has 1 aromatic carbocycles. The standard InChI is InChI=1S/C14H13N3S2.2ClH.H2O.Ru/c1-19-14(18)17-16-13(11-7-3-2-4-8-11)12-9-5-6-10-15-12;;;;/h2-10H,1H3,(H,15,17,18);2*1H;1H2;/q;;;;+2/p-3. The fourth-order valence-electron chi connectivity index (χ4n) is 1.49. The van der Waals surface area contributed by atoms with Gasteiger partial charge in [0.15, 0.2) is 16.5 Å². The van der Waals surface area contributed by atoms with Crippen molar-refractivity contribution in [2.45, 2.75) is 0 Å². The summed E-state index contributed by atoms with van der Waals surface area (Å²) >= 11 is 5.31. The largest absolute Gasteiger partial charge is 0.870 e. The third kappa shape index (κ3) is 8.75. The average molecular weight is 476 g/mol. The molecule has 0 radical (unpaired) electrons. The van der Waals surface area contributed by atoms with Gasteiger partial charge in [-0.3, -0.25) is 4.98 Å². The van der Waals surface area contributed by atoms with E-state index in [4.69, 9.17) is 19.4 Å². The Bertz CT molecular complexity index is 562. The first-order chi connectivity index (χ1) is 10.7. The molecule has 4 nitrogen and oxygen atoms in total. The Hall–Kier alpha value is -0.557. The van der Waals surface area contributed by atoms with Crippen LogP contribution in [0, 0.1) is 0 Å². The van der Waals surface area contributed by atoms with Gasteiger partial charge in [0.05, 0.1) is 11.4 Å². The summed E-state index contributed by atoms with van der Waals surface area (Å²) in [7, 11) is 9.71. The zero-order valence-electron chi connectivity index (χ0n) is 11.9. The van der Waals surface area contributed by atoms with Crippen molar-refractivity contribution in [2.24, 2.45) is 5.10 Å². The van der Waals surface area contributed by atoms with Crippen molar-refractivity contribution in [1.82, 2.24) is 4.98 Å². The van der Waals surface area contributed by atoms with E-state index in [9.17, 15) is 0 Å². The van der Waals surface area contributed by atoms with Gasteiger partial charge >= 0.3 is 34.5 Å². The van der Waals surface area contributed by atoms with Crippen LogP contribution >= 0.6 is 31.1 Å². The van der Waals surface area contributed by atoms with Crippen molar-refractivity contribution in [2.75, 3.05) is 6.26 Å². The van der Waals surface area contributed by atoms with Crippen LogP contribution in [0.2, 0.25) is 0 Å². The smallest absolute Gasteiger partial charge is 0.870 e. The van der Waals surface area contributed by atoms with Gasteiger partial charge in [0.1, 0.15) is 0 Å². The van der Waals surface area contributed by atoms with Gasteiger partial charge in [-0.2, -0.15) is 0 Å². The molecule has 2 aromatic rings. The molecular weight excluding hydrogens is 462 g/mol. The summed E-state index contributed by atoms with van der Waals surface area (Å²) in [5, 5.41) is 4.28. The Kier molecular flexibility index (Phi) is 13.5. The van der Waals surface area contributed by atoms with Crippen LogP contribution in [0.3, 0.4) is 0 Å². The van der Waals surface area contributed by atoms with Gasteiger partial charge in [-0.05, 0) is 18.4 Å². The molecule has 0 atom stereocenters. The van der Waals surface area contributed by atoms with Crippen LogP contribution in [-0.2, 0) is 27.4 Å². The van der Waals surface area contributed by atoms with Crippen molar-refractivity contribution in [3.8, 4) is 0 Å². The number of rotatable bonds is 3. The van der Waals surface area contributed by atoms with Gasteiger partial charge in [-0.15, -0.1) is 0 Å². The molecule has 0 unspecified atom stereocenters. The number of benzene rings is 1. The number of halogens is 2. The predicted octanol–water partition coefficient (Wildman–Crippen LogP) is 4.14. The Morgan fingerprint density at radius 3 is 2.30 bits per heavy atom. The molecule has 0 fully saturated rings. The SMILES string of the molecule is CSC(=[SH+])[N-]N=C(c1ccccc1)c1ccccn1.[Cl][Ru][Cl].[OH-]. The average Bonchev–Trinajstić information content (AvgIpc) is 2.57. The fourth-order valence-corrected chi connectivity index (χ4v) is 1.66. The molecule has 9 heteroatoms. The van der Waals surface area contributed by atoms with Crippen LogP contribution in [0.25, 0.3) is 5.43 Å². The van der Waals surface area contributed by atoms with Crippen LogP contribution in [-0.4, -0.2) is 26.7 Å². The number of hydrogen-bond donors (Lipinski definition) is 0. The van der Waals surface area contributed by atoms with Gasteiger partial charge in [0, 0.05) is 11.8 Å². The van der Waals surface area contributed by atoms with Crippen LogP contribution < -0.4 is 0 Å². The van der Waals surface area contributed by atoms with E-state index in [1.54, 1.807) is 6.20 Å². The Morgan fingerprint density at radius 2 is 1.78 bits per heavy atom. The number of pyridine rings is 1. The number of nitrogens with zero attached hydrogens (tertiary/aromatic N) is 3. The molecular formula is C14H14Cl2N3ORuS2-. The molecule has 2 rings (SSSR count). The minimum absolute atomic E-state index is 0. The minimum atomic E-state index is -0.346. The van der Waals surface area contributed by atoms with Crippen LogP contribution in [0.4, 0.5) is 0 Å². The monoisotopic (exact) mass is 476 g/mol. The van der Waals surface area contributed by atoms with E-state index in [1.807, 2.05) is 54.8 Å². The van der Waals surface area contributed by atoms with Crippen LogP contribution in [0.1, 0.15) is 11.3 Å². The summed E-state index contributed by atoms with van der Waals surface area (Å²) in [6.45, 7) is 0. The second-order valence-electron chi connectivity index (χ2n) is 3.67. The molecule has 0 aliphatic heterocycles. The molecule has 0 spiro atoms. The molecule has 0 aliphatic carbocycles. The van der Waals surface area contributed by atoms with Crippen LogP contribution in [0.5, 0.6) is 0 Å². The maximum absolute atomic E-state index is 4.85. The van der Waals surface area contributed by atoms with E-state index in [1.165, 1.54) is 11.8 Å². The van der Waals surface area contributed by atoms with Crippen molar-refractivity contribution in [3.05, 3.63) is 71.4 Å². The minimum Gasteiger partial charge on any atom is -0.870 e.